The second kappa shape index (κ2) is 7.98. The van der Waals surface area contributed by atoms with E-state index in [1.54, 1.807) is 38.1 Å². The summed E-state index contributed by atoms with van der Waals surface area (Å²) in [5.74, 6) is -0.840. The van der Waals surface area contributed by atoms with Crippen LogP contribution in [0.2, 0.25) is 5.02 Å². The Hall–Kier alpha value is -2.60. The van der Waals surface area contributed by atoms with E-state index in [0.717, 1.165) is 0 Å². The van der Waals surface area contributed by atoms with Crippen LogP contribution in [0, 0.1) is 6.92 Å². The van der Waals surface area contributed by atoms with Crippen LogP contribution in [0.25, 0.3) is 0 Å². The average molecular weight is 362 g/mol. The van der Waals surface area contributed by atoms with Gasteiger partial charge in [0.05, 0.1) is 34.3 Å². The second-order valence-corrected chi connectivity index (χ2v) is 5.94. The Morgan fingerprint density at radius 1 is 1.24 bits per heavy atom. The van der Waals surface area contributed by atoms with Crippen molar-refractivity contribution in [3.63, 3.8) is 0 Å². The van der Waals surface area contributed by atoms with Crippen molar-refractivity contribution < 1.29 is 14.3 Å². The molecule has 0 saturated heterocycles. The summed E-state index contributed by atoms with van der Waals surface area (Å²) in [5.41, 5.74) is 2.27. The van der Waals surface area contributed by atoms with Crippen LogP contribution in [-0.4, -0.2) is 37.6 Å². The number of aromatic nitrogens is 1. The molecular formula is C18H20ClN3O3. The molecule has 2 aromatic rings. The Kier molecular flexibility index (Phi) is 5.98. The zero-order valence-electron chi connectivity index (χ0n) is 14.6. The molecule has 2 rings (SSSR count). The van der Waals surface area contributed by atoms with Gasteiger partial charge in [-0.2, -0.15) is 0 Å². The van der Waals surface area contributed by atoms with Crippen LogP contribution >= 0.6 is 11.6 Å². The molecule has 0 aliphatic rings. The molecule has 0 unspecified atom stereocenters. The summed E-state index contributed by atoms with van der Waals surface area (Å²) in [4.78, 5) is 30.3. The lowest BCUT2D eigenvalue weighted by molar-refractivity contribution is 0.0524. The first-order valence-electron chi connectivity index (χ1n) is 7.77. The Morgan fingerprint density at radius 2 is 1.96 bits per heavy atom. The lowest BCUT2D eigenvalue weighted by atomic mass is 10.1. The molecule has 25 heavy (non-hydrogen) atoms. The number of anilines is 2. The van der Waals surface area contributed by atoms with Gasteiger partial charge in [0, 0.05) is 14.1 Å². The predicted molar refractivity (Wildman–Crippen MR) is 98.7 cm³/mol. The molecule has 1 heterocycles. The van der Waals surface area contributed by atoms with Crippen LogP contribution in [0.4, 0.5) is 11.4 Å². The summed E-state index contributed by atoms with van der Waals surface area (Å²) >= 11 is 6.20. The second-order valence-electron chi connectivity index (χ2n) is 5.53. The number of amides is 1. The van der Waals surface area contributed by atoms with Crippen molar-refractivity contribution in [2.45, 2.75) is 13.8 Å². The van der Waals surface area contributed by atoms with E-state index in [0.29, 0.717) is 27.7 Å². The Labute approximate surface area is 151 Å². The average Bonchev–Trinajstić information content (AvgIpc) is 2.54. The van der Waals surface area contributed by atoms with Crippen LogP contribution < -0.4 is 10.2 Å². The number of rotatable bonds is 5. The lowest BCUT2D eigenvalue weighted by Crippen LogP contribution is -2.19. The van der Waals surface area contributed by atoms with Crippen LogP contribution in [0.15, 0.2) is 30.3 Å². The van der Waals surface area contributed by atoms with Crippen LogP contribution in [0.3, 0.4) is 0 Å². The number of pyridine rings is 1. The van der Waals surface area contributed by atoms with E-state index in [9.17, 15) is 9.59 Å². The van der Waals surface area contributed by atoms with Crippen molar-refractivity contribution in [1.29, 1.82) is 0 Å². The molecule has 0 spiro atoms. The number of hydrogen-bond donors (Lipinski definition) is 1. The summed E-state index contributed by atoms with van der Waals surface area (Å²) in [6.07, 6.45) is 0. The fourth-order valence-corrected chi connectivity index (χ4v) is 2.71. The van der Waals surface area contributed by atoms with Crippen molar-refractivity contribution in [3.8, 4) is 0 Å². The van der Waals surface area contributed by atoms with Gasteiger partial charge in [-0.15, -0.1) is 0 Å². The number of benzene rings is 1. The van der Waals surface area contributed by atoms with Gasteiger partial charge < -0.3 is 15.0 Å². The molecule has 1 N–H and O–H groups in total. The Balaban J connectivity index is 2.27. The highest BCUT2D eigenvalue weighted by atomic mass is 35.5. The normalized spacial score (nSPS) is 10.3. The van der Waals surface area contributed by atoms with E-state index in [4.69, 9.17) is 16.3 Å². The molecular weight excluding hydrogens is 342 g/mol. The van der Waals surface area contributed by atoms with E-state index in [1.807, 2.05) is 19.0 Å². The molecule has 6 nitrogen and oxygen atoms in total. The fourth-order valence-electron chi connectivity index (χ4n) is 2.37. The van der Waals surface area contributed by atoms with Gasteiger partial charge >= 0.3 is 5.97 Å². The maximum atomic E-state index is 12.5. The summed E-state index contributed by atoms with van der Waals surface area (Å²) in [6, 6.07) is 8.31. The third-order valence-electron chi connectivity index (χ3n) is 3.50. The minimum absolute atomic E-state index is 0.204. The molecule has 0 fully saturated rings. The van der Waals surface area contributed by atoms with Crippen molar-refractivity contribution >= 4 is 34.9 Å². The number of ether oxygens (including phenoxy) is 1. The van der Waals surface area contributed by atoms with Crippen molar-refractivity contribution in [2.75, 3.05) is 30.9 Å². The maximum absolute atomic E-state index is 12.5. The highest BCUT2D eigenvalue weighted by Gasteiger charge is 2.17. The lowest BCUT2D eigenvalue weighted by Gasteiger charge is -2.19. The van der Waals surface area contributed by atoms with Gasteiger partial charge in [-0.1, -0.05) is 17.7 Å². The number of hydrogen-bond acceptors (Lipinski definition) is 5. The minimum Gasteiger partial charge on any atom is -0.462 e. The number of esters is 1. The van der Waals surface area contributed by atoms with Crippen molar-refractivity contribution in [3.05, 3.63) is 52.3 Å². The molecule has 0 aliphatic carbocycles. The summed E-state index contributed by atoms with van der Waals surface area (Å²) in [6.45, 7) is 3.67. The number of nitrogens with one attached hydrogen (secondary N) is 1. The predicted octanol–water partition coefficient (Wildman–Crippen LogP) is 3.54. The first-order valence-corrected chi connectivity index (χ1v) is 8.15. The topological polar surface area (TPSA) is 71.5 Å². The van der Waals surface area contributed by atoms with Gasteiger partial charge in [0.25, 0.3) is 5.91 Å². The first kappa shape index (κ1) is 18.7. The molecule has 1 aromatic heterocycles. The highest BCUT2D eigenvalue weighted by molar-refractivity contribution is 6.34. The summed E-state index contributed by atoms with van der Waals surface area (Å²) < 4.78 is 4.96. The zero-order valence-corrected chi connectivity index (χ0v) is 15.3. The smallest absolute Gasteiger partial charge is 0.339 e. The minimum atomic E-state index is -0.454. The largest absolute Gasteiger partial charge is 0.462 e. The third-order valence-corrected chi connectivity index (χ3v) is 3.80. The highest BCUT2D eigenvalue weighted by Crippen LogP contribution is 2.32. The van der Waals surface area contributed by atoms with E-state index in [2.05, 4.69) is 10.3 Å². The first-order chi connectivity index (χ1) is 11.8. The van der Waals surface area contributed by atoms with E-state index < -0.39 is 5.97 Å². The molecule has 7 heteroatoms. The Morgan fingerprint density at radius 3 is 2.56 bits per heavy atom. The third kappa shape index (κ3) is 4.28. The Bertz CT molecular complexity index is 806. The van der Waals surface area contributed by atoms with Gasteiger partial charge in [0.1, 0.15) is 5.69 Å². The quantitative estimate of drug-likeness (QED) is 0.825. The number of aryl methyl sites for hydroxylation is 1. The molecule has 1 amide bonds. The number of carbonyl (C=O) groups excluding carboxylic acids is 2. The van der Waals surface area contributed by atoms with E-state index >= 15 is 0 Å². The maximum Gasteiger partial charge on any atom is 0.339 e. The fraction of sp³-hybridized carbons (Fsp3) is 0.278. The van der Waals surface area contributed by atoms with E-state index in [1.165, 1.54) is 6.07 Å². The summed E-state index contributed by atoms with van der Waals surface area (Å²) in [7, 11) is 3.68. The molecule has 0 saturated carbocycles. The van der Waals surface area contributed by atoms with Gasteiger partial charge in [-0.25, -0.2) is 9.78 Å². The molecule has 0 atom stereocenters. The number of carbonyl (C=O) groups is 2. The summed E-state index contributed by atoms with van der Waals surface area (Å²) in [5, 5.41) is 3.34. The van der Waals surface area contributed by atoms with Crippen LogP contribution in [0.5, 0.6) is 0 Å². The molecule has 0 aliphatic heterocycles. The number of nitrogens with zero attached hydrogens (tertiary/aromatic N) is 2. The van der Waals surface area contributed by atoms with Crippen LogP contribution in [-0.2, 0) is 4.74 Å². The molecule has 132 valence electrons. The number of para-hydroxylation sites is 1. The van der Waals surface area contributed by atoms with Gasteiger partial charge in [0.2, 0.25) is 0 Å². The zero-order chi connectivity index (χ0) is 18.6. The molecule has 0 radical (unpaired) electrons. The SMILES string of the molecule is CCOC(=O)c1ccc(C(=O)Nc2cccc(Cl)c2N(C)C)nc1C. The molecule has 0 bridgehead atoms. The van der Waals surface area contributed by atoms with Crippen molar-refractivity contribution in [1.82, 2.24) is 4.98 Å². The van der Waals surface area contributed by atoms with Crippen LogP contribution in [0.1, 0.15) is 33.5 Å². The van der Waals surface area contributed by atoms with E-state index in [-0.39, 0.29) is 18.2 Å². The van der Waals surface area contributed by atoms with Gasteiger partial charge in [-0.05, 0) is 38.1 Å². The van der Waals surface area contributed by atoms with Gasteiger partial charge in [0.15, 0.2) is 0 Å². The van der Waals surface area contributed by atoms with Gasteiger partial charge in [-0.3, -0.25) is 4.79 Å². The number of halogens is 1. The molecule has 1 aromatic carbocycles. The monoisotopic (exact) mass is 361 g/mol. The van der Waals surface area contributed by atoms with Crippen molar-refractivity contribution in [2.24, 2.45) is 0 Å². The standard InChI is InChI=1S/C18H20ClN3O3/c1-5-25-18(24)12-9-10-15(20-11(12)2)17(23)21-14-8-6-7-13(19)16(14)22(3)4/h6-10H,5H2,1-4H3,(H,21,23).